The lowest BCUT2D eigenvalue weighted by molar-refractivity contribution is 0.123. The minimum Gasteiger partial charge on any atom is -0.465 e. The second kappa shape index (κ2) is 14.7. The number of nitrogens with one attached hydrogen (secondary N) is 1. The average Bonchev–Trinajstić information content (AvgIpc) is 3.82. The Hall–Kier alpha value is -4.45. The van der Waals surface area contributed by atoms with E-state index in [4.69, 9.17) is 11.6 Å². The molecule has 290 valence electrons. The zero-order chi connectivity index (χ0) is 40.1. The fraction of sp³-hybridized carbons (Fsp3) is 0.364. The number of alkyl halides is 2. The lowest BCUT2D eigenvalue weighted by Crippen LogP contribution is -2.35. The molecule has 0 radical (unpaired) electrons. The van der Waals surface area contributed by atoms with Gasteiger partial charge in [-0.25, -0.2) is 52.6 Å². The highest BCUT2D eigenvalue weighted by Crippen LogP contribution is 2.42. The number of sulfone groups is 1. The van der Waals surface area contributed by atoms with Crippen molar-refractivity contribution in [1.82, 2.24) is 20.1 Å². The summed E-state index contributed by atoms with van der Waals surface area (Å²) in [4.78, 5) is 16.7. The molecule has 1 aliphatic carbocycles. The van der Waals surface area contributed by atoms with Gasteiger partial charge in [0.25, 0.3) is 6.43 Å². The molecule has 1 fully saturated rings. The zero-order valence-electron chi connectivity index (χ0n) is 28.8. The van der Waals surface area contributed by atoms with Crippen molar-refractivity contribution < 1.29 is 52.7 Å². The predicted molar refractivity (Wildman–Crippen MR) is 193 cm³/mol. The summed E-state index contributed by atoms with van der Waals surface area (Å²) in [6.07, 6.45) is -3.08. The molecule has 1 amide bonds. The van der Waals surface area contributed by atoms with Gasteiger partial charge in [-0.1, -0.05) is 23.6 Å². The van der Waals surface area contributed by atoms with Gasteiger partial charge in [0.2, 0.25) is 20.0 Å². The summed E-state index contributed by atoms with van der Waals surface area (Å²) in [5.41, 5.74) is -0.723. The Morgan fingerprint density at radius 3 is 2.15 bits per heavy atom. The number of hydrogen-bond acceptors (Lipinski definition) is 9. The Kier molecular flexibility index (Phi) is 11.1. The first kappa shape index (κ1) is 40.7. The monoisotopic (exact) mass is 833 g/mol. The molecule has 4 aromatic rings. The van der Waals surface area contributed by atoms with E-state index in [2.05, 4.69) is 27.2 Å². The molecule has 2 heterocycles. The fourth-order valence-electron chi connectivity index (χ4n) is 5.88. The molecular weight excluding hydrogens is 802 g/mol. The van der Waals surface area contributed by atoms with Crippen LogP contribution in [0, 0.1) is 23.5 Å². The van der Waals surface area contributed by atoms with Crippen molar-refractivity contribution in [2.24, 2.45) is 0 Å². The number of anilines is 1. The van der Waals surface area contributed by atoms with Crippen LogP contribution in [0.25, 0.3) is 22.0 Å². The maximum Gasteiger partial charge on any atom is 0.405 e. The van der Waals surface area contributed by atoms with Crippen molar-refractivity contribution in [3.63, 3.8) is 0 Å². The molecule has 1 atom stereocenters. The van der Waals surface area contributed by atoms with E-state index >= 15 is 0 Å². The van der Waals surface area contributed by atoms with Crippen molar-refractivity contribution >= 4 is 64.3 Å². The maximum absolute atomic E-state index is 14.3. The molecule has 1 unspecified atom stereocenters. The lowest BCUT2D eigenvalue weighted by Gasteiger charge is -2.22. The van der Waals surface area contributed by atoms with Crippen molar-refractivity contribution in [3.05, 3.63) is 76.1 Å². The van der Waals surface area contributed by atoms with Gasteiger partial charge in [-0.15, -0.1) is 3.71 Å². The van der Waals surface area contributed by atoms with Crippen molar-refractivity contribution in [1.29, 1.82) is 0 Å². The molecule has 1 aliphatic rings. The highest BCUT2D eigenvalue weighted by Gasteiger charge is 2.45. The van der Waals surface area contributed by atoms with Crippen LogP contribution in [0.3, 0.4) is 0 Å². The van der Waals surface area contributed by atoms with Gasteiger partial charge in [-0.2, -0.15) is 5.10 Å². The number of carbonyl (C=O) groups is 1. The molecule has 0 aliphatic heterocycles. The number of sulfonamides is 2. The molecule has 2 aromatic carbocycles. The van der Waals surface area contributed by atoms with E-state index in [9.17, 15) is 52.7 Å². The van der Waals surface area contributed by atoms with E-state index in [0.29, 0.717) is 36.1 Å². The molecule has 0 saturated heterocycles. The molecule has 0 bridgehead atoms. The summed E-state index contributed by atoms with van der Waals surface area (Å²) >= 11 is 6.50. The molecule has 5 rings (SSSR count). The molecule has 21 heteroatoms. The van der Waals surface area contributed by atoms with E-state index in [0.717, 1.165) is 12.1 Å². The van der Waals surface area contributed by atoms with E-state index in [1.54, 1.807) is 0 Å². The molecule has 1 saturated carbocycles. The van der Waals surface area contributed by atoms with Crippen LogP contribution >= 0.6 is 11.6 Å². The van der Waals surface area contributed by atoms with Gasteiger partial charge in [0.05, 0.1) is 45.4 Å². The normalized spacial score (nSPS) is 14.5. The van der Waals surface area contributed by atoms with Crippen LogP contribution in [0.1, 0.15) is 49.7 Å². The molecule has 0 spiro atoms. The number of benzene rings is 2. The third kappa shape index (κ3) is 8.59. The van der Waals surface area contributed by atoms with E-state index in [1.807, 2.05) is 0 Å². The van der Waals surface area contributed by atoms with Gasteiger partial charge in [-0.05, 0) is 74.9 Å². The number of hydrogen-bond donors (Lipinski definition) is 2. The molecule has 13 nitrogen and oxygen atoms in total. The van der Waals surface area contributed by atoms with Crippen LogP contribution in [0.5, 0.6) is 0 Å². The minimum atomic E-state index is -4.67. The van der Waals surface area contributed by atoms with Crippen molar-refractivity contribution in [2.75, 3.05) is 16.2 Å². The van der Waals surface area contributed by atoms with E-state index < -0.39 is 88.9 Å². The number of fused-ring (bicyclic) bond motifs is 1. The summed E-state index contributed by atoms with van der Waals surface area (Å²) < 4.78 is 133. The largest absolute Gasteiger partial charge is 0.465 e. The van der Waals surface area contributed by atoms with Crippen LogP contribution in [-0.4, -0.2) is 80.2 Å². The number of aromatic nitrogens is 3. The Bertz CT molecular complexity index is 2520. The highest BCUT2D eigenvalue weighted by molar-refractivity contribution is 8.09. The standard InChI is InChI=1S/C33H32ClF4N5O8S3/c1-33(2,54(50,51)22-6-7-22)12-11-21-5-8-23(29(39-21)26(40-32(44)45)15-18-13-19(35)16-20(36)14-18)24-9-10-25(34)28-30(24)42(17-27(37)38)41-31(28)43(52(3,46)47)53(4,48)49/h5,8-10,13-14,16,22,26-27,40H,6-7,15,17H2,1-4H3,(H,44,45). The smallest absolute Gasteiger partial charge is 0.405 e. The number of pyridine rings is 1. The first-order chi connectivity index (χ1) is 24.9. The van der Waals surface area contributed by atoms with Crippen LogP contribution in [0.4, 0.5) is 28.2 Å². The first-order valence-electron chi connectivity index (χ1n) is 15.8. The molecule has 2 aromatic heterocycles. The third-order valence-electron chi connectivity index (χ3n) is 8.28. The van der Waals surface area contributed by atoms with Gasteiger partial charge in [0, 0.05) is 17.2 Å². The Morgan fingerprint density at radius 2 is 1.61 bits per heavy atom. The second-order valence-corrected chi connectivity index (χ2v) is 20.1. The first-order valence-corrected chi connectivity index (χ1v) is 21.4. The van der Waals surface area contributed by atoms with Crippen molar-refractivity contribution in [2.45, 2.75) is 62.1 Å². The average molecular weight is 834 g/mol. The lowest BCUT2D eigenvalue weighted by atomic mass is 9.94. The van der Waals surface area contributed by atoms with Crippen LogP contribution in [0.2, 0.25) is 5.02 Å². The van der Waals surface area contributed by atoms with Gasteiger partial charge >= 0.3 is 6.09 Å². The number of amides is 1. The molecular formula is C33H32ClF4N5O8S3. The van der Waals surface area contributed by atoms with Crippen LogP contribution < -0.4 is 9.03 Å². The van der Waals surface area contributed by atoms with Gasteiger partial charge in [-0.3, -0.25) is 4.68 Å². The van der Waals surface area contributed by atoms with E-state index in [1.165, 1.54) is 38.1 Å². The molecule has 54 heavy (non-hydrogen) atoms. The number of carboxylic acid groups (broad SMARTS) is 1. The second-order valence-electron chi connectivity index (χ2n) is 13.1. The Labute approximate surface area is 313 Å². The van der Waals surface area contributed by atoms with Crippen LogP contribution in [0.15, 0.2) is 42.5 Å². The number of nitrogens with zero attached hydrogens (tertiary/aromatic N) is 4. The maximum atomic E-state index is 14.3. The minimum absolute atomic E-state index is 0.0321. The zero-order valence-corrected chi connectivity index (χ0v) is 32.0. The topological polar surface area (TPSA) is 186 Å². The van der Waals surface area contributed by atoms with Crippen LogP contribution in [-0.2, 0) is 42.8 Å². The Morgan fingerprint density at radius 1 is 1.02 bits per heavy atom. The summed E-state index contributed by atoms with van der Waals surface area (Å²) in [5, 5.41) is 14.8. The van der Waals surface area contributed by atoms with Crippen molar-refractivity contribution in [3.8, 4) is 23.0 Å². The SMILES string of the molecule is CC(C)(C#Cc1ccc(-c2ccc(Cl)c3c(N(S(C)(=O)=O)S(C)(=O)=O)nn(CC(F)F)c23)c(C(Cc2cc(F)cc(F)c2)NC(=O)O)n1)S(=O)(=O)C1CC1. The number of halogens is 5. The summed E-state index contributed by atoms with van der Waals surface area (Å²) in [5.74, 6) is 2.64. The summed E-state index contributed by atoms with van der Waals surface area (Å²) in [7, 11) is -13.0. The van der Waals surface area contributed by atoms with Gasteiger partial charge in [0.15, 0.2) is 15.7 Å². The summed E-state index contributed by atoms with van der Waals surface area (Å²) in [6, 6.07) is 6.19. The number of rotatable bonds is 12. The quantitative estimate of drug-likeness (QED) is 0.141. The van der Waals surface area contributed by atoms with E-state index in [-0.39, 0.29) is 47.7 Å². The predicted octanol–water partition coefficient (Wildman–Crippen LogP) is 5.28. The van der Waals surface area contributed by atoms with Gasteiger partial charge in [0.1, 0.15) is 28.6 Å². The molecule has 2 N–H and O–H groups in total. The third-order valence-corrected chi connectivity index (χ3v) is 14.6. The fourth-order valence-corrected chi connectivity index (χ4v) is 10.7. The van der Waals surface area contributed by atoms with Gasteiger partial charge < -0.3 is 10.4 Å². The highest BCUT2D eigenvalue weighted by atomic mass is 35.5. The summed E-state index contributed by atoms with van der Waals surface area (Å²) in [6.45, 7) is 1.64. The Balaban J connectivity index is 1.85.